The van der Waals surface area contributed by atoms with Crippen molar-refractivity contribution in [2.45, 2.75) is 45.1 Å². The molecule has 1 aliphatic rings. The van der Waals surface area contributed by atoms with Crippen molar-refractivity contribution in [3.63, 3.8) is 0 Å². The van der Waals surface area contributed by atoms with Crippen molar-refractivity contribution < 1.29 is 13.7 Å². The predicted octanol–water partition coefficient (Wildman–Crippen LogP) is 3.04. The Balaban J connectivity index is 1.50. The van der Waals surface area contributed by atoms with Crippen molar-refractivity contribution in [3.8, 4) is 0 Å². The van der Waals surface area contributed by atoms with Crippen LogP contribution in [0.1, 0.15) is 41.3 Å². The second-order valence-electron chi connectivity index (χ2n) is 5.87. The van der Waals surface area contributed by atoms with E-state index in [1.807, 2.05) is 19.9 Å². The average Bonchev–Trinajstić information content (AvgIpc) is 3.16. The molecule has 1 saturated carbocycles. The van der Waals surface area contributed by atoms with Crippen LogP contribution in [0.4, 0.5) is 4.39 Å². The van der Waals surface area contributed by atoms with Crippen LogP contribution in [0.2, 0.25) is 0 Å². The van der Waals surface area contributed by atoms with Gasteiger partial charge in [0.15, 0.2) is 0 Å². The molecule has 2 atom stereocenters. The normalized spacial score (nSPS) is 20.0. The fourth-order valence-corrected chi connectivity index (χ4v) is 2.84. The first-order valence-corrected chi connectivity index (χ1v) is 7.51. The van der Waals surface area contributed by atoms with Gasteiger partial charge in [0.2, 0.25) is 5.91 Å². The van der Waals surface area contributed by atoms with Gasteiger partial charge in [0.1, 0.15) is 11.6 Å². The molecular weight excluding hydrogens is 283 g/mol. The van der Waals surface area contributed by atoms with E-state index in [4.69, 9.17) is 4.52 Å². The van der Waals surface area contributed by atoms with Crippen molar-refractivity contribution >= 4 is 5.91 Å². The number of nitrogens with one attached hydrogen (secondary N) is 1. The number of carbonyl (C=O) groups excluding carboxylic acids is 1. The summed E-state index contributed by atoms with van der Waals surface area (Å²) >= 11 is 0. The average molecular weight is 302 g/mol. The highest BCUT2D eigenvalue weighted by Gasteiger charge is 2.39. The van der Waals surface area contributed by atoms with Gasteiger partial charge < -0.3 is 9.84 Å². The molecule has 4 nitrogen and oxygen atoms in total. The summed E-state index contributed by atoms with van der Waals surface area (Å²) in [6.07, 6.45) is 1.92. The largest absolute Gasteiger partial charge is 0.361 e. The molecule has 5 heteroatoms. The molecular formula is C17H19FN2O2. The smallest absolute Gasteiger partial charge is 0.220 e. The van der Waals surface area contributed by atoms with Gasteiger partial charge in [0, 0.05) is 23.9 Å². The van der Waals surface area contributed by atoms with Gasteiger partial charge in [-0.1, -0.05) is 17.3 Å². The van der Waals surface area contributed by atoms with E-state index >= 15 is 0 Å². The van der Waals surface area contributed by atoms with Crippen molar-refractivity contribution in [3.05, 3.63) is 52.7 Å². The number of halogens is 1. The summed E-state index contributed by atoms with van der Waals surface area (Å²) in [6, 6.07) is 6.71. The number of hydrogen-bond donors (Lipinski definition) is 1. The molecule has 1 heterocycles. The first kappa shape index (κ1) is 14.8. The molecule has 2 unspecified atom stereocenters. The molecule has 0 bridgehead atoms. The molecule has 1 amide bonds. The van der Waals surface area contributed by atoms with Crippen molar-refractivity contribution in [1.82, 2.24) is 10.5 Å². The second kappa shape index (κ2) is 5.91. The van der Waals surface area contributed by atoms with E-state index in [2.05, 4.69) is 10.5 Å². The Morgan fingerprint density at radius 3 is 2.95 bits per heavy atom. The first-order chi connectivity index (χ1) is 10.5. The van der Waals surface area contributed by atoms with Gasteiger partial charge >= 0.3 is 0 Å². The van der Waals surface area contributed by atoms with Crippen molar-refractivity contribution in [2.75, 3.05) is 0 Å². The molecule has 1 fully saturated rings. The topological polar surface area (TPSA) is 55.1 Å². The van der Waals surface area contributed by atoms with Crippen LogP contribution in [0.3, 0.4) is 0 Å². The highest BCUT2D eigenvalue weighted by atomic mass is 19.1. The zero-order chi connectivity index (χ0) is 15.7. The fraction of sp³-hybridized carbons (Fsp3) is 0.412. The molecule has 1 aliphatic carbocycles. The Morgan fingerprint density at radius 2 is 2.27 bits per heavy atom. The lowest BCUT2D eigenvalue weighted by molar-refractivity contribution is -0.121. The third kappa shape index (κ3) is 3.18. The minimum atomic E-state index is -0.229. The number of carbonyl (C=O) groups is 1. The molecule has 22 heavy (non-hydrogen) atoms. The van der Waals surface area contributed by atoms with Gasteiger partial charge in [-0.15, -0.1) is 0 Å². The molecule has 1 aromatic heterocycles. The summed E-state index contributed by atoms with van der Waals surface area (Å²) < 4.78 is 18.3. The maximum Gasteiger partial charge on any atom is 0.220 e. The van der Waals surface area contributed by atoms with Crippen LogP contribution in [-0.2, 0) is 11.2 Å². The van der Waals surface area contributed by atoms with Crippen LogP contribution >= 0.6 is 0 Å². The number of aryl methyl sites for hydroxylation is 2. The molecule has 1 N–H and O–H groups in total. The fourth-order valence-electron chi connectivity index (χ4n) is 2.84. The Kier molecular flexibility index (Phi) is 3.96. The second-order valence-corrected chi connectivity index (χ2v) is 5.87. The first-order valence-electron chi connectivity index (χ1n) is 7.51. The highest BCUT2D eigenvalue weighted by Crippen LogP contribution is 2.40. The minimum absolute atomic E-state index is 0.0175. The lowest BCUT2D eigenvalue weighted by Gasteiger charge is -2.05. The lowest BCUT2D eigenvalue weighted by atomic mass is 10.1. The summed E-state index contributed by atoms with van der Waals surface area (Å²) in [7, 11) is 0. The van der Waals surface area contributed by atoms with Crippen LogP contribution in [0.5, 0.6) is 0 Å². The maximum absolute atomic E-state index is 13.2. The molecule has 0 radical (unpaired) electrons. The van der Waals surface area contributed by atoms with Gasteiger partial charge in [-0.05, 0) is 44.4 Å². The summed E-state index contributed by atoms with van der Waals surface area (Å²) in [5, 5.41) is 6.90. The minimum Gasteiger partial charge on any atom is -0.361 e. The zero-order valence-electron chi connectivity index (χ0n) is 12.7. The molecule has 0 saturated heterocycles. The van der Waals surface area contributed by atoms with Gasteiger partial charge in [-0.3, -0.25) is 4.79 Å². The molecule has 2 aromatic rings. The molecule has 1 aromatic carbocycles. The third-order valence-corrected chi connectivity index (χ3v) is 4.20. The predicted molar refractivity (Wildman–Crippen MR) is 80.0 cm³/mol. The molecule has 116 valence electrons. The van der Waals surface area contributed by atoms with E-state index in [-0.39, 0.29) is 23.7 Å². The number of hydrogen-bond acceptors (Lipinski definition) is 3. The SMILES string of the molecule is Cc1noc(C)c1CCC(=O)NC1CC1c1cccc(F)c1. The van der Waals surface area contributed by atoms with Gasteiger partial charge in [-0.2, -0.15) is 0 Å². The standard InChI is InChI=1S/C17H19FN2O2/c1-10-14(11(2)22-20-10)6-7-17(21)19-16-9-15(16)12-4-3-5-13(18)8-12/h3-5,8,15-16H,6-7,9H2,1-2H3,(H,19,21). The number of nitrogens with zero attached hydrogens (tertiary/aromatic N) is 1. The number of benzene rings is 1. The number of amides is 1. The van der Waals surface area contributed by atoms with Gasteiger partial charge in [0.05, 0.1) is 5.69 Å². The van der Waals surface area contributed by atoms with E-state index in [1.54, 1.807) is 12.1 Å². The van der Waals surface area contributed by atoms with Crippen molar-refractivity contribution in [2.24, 2.45) is 0 Å². The quantitative estimate of drug-likeness (QED) is 0.923. The van der Waals surface area contributed by atoms with E-state index in [1.165, 1.54) is 6.07 Å². The van der Waals surface area contributed by atoms with Crippen LogP contribution in [-0.4, -0.2) is 17.1 Å². The summed E-state index contributed by atoms with van der Waals surface area (Å²) in [4.78, 5) is 12.0. The van der Waals surface area contributed by atoms with Crippen LogP contribution < -0.4 is 5.32 Å². The third-order valence-electron chi connectivity index (χ3n) is 4.20. The van der Waals surface area contributed by atoms with E-state index < -0.39 is 0 Å². The highest BCUT2D eigenvalue weighted by molar-refractivity contribution is 5.77. The molecule has 0 aliphatic heterocycles. The molecule has 3 rings (SSSR count). The Hall–Kier alpha value is -2.17. The van der Waals surface area contributed by atoms with Crippen molar-refractivity contribution in [1.29, 1.82) is 0 Å². The summed E-state index contributed by atoms with van der Waals surface area (Å²) in [5.74, 6) is 0.796. The Bertz CT molecular complexity index is 676. The summed E-state index contributed by atoms with van der Waals surface area (Å²) in [6.45, 7) is 3.73. The number of aromatic nitrogens is 1. The van der Waals surface area contributed by atoms with Crippen LogP contribution in [0.15, 0.2) is 28.8 Å². The van der Waals surface area contributed by atoms with E-state index in [9.17, 15) is 9.18 Å². The molecule has 0 spiro atoms. The summed E-state index contributed by atoms with van der Waals surface area (Å²) in [5.41, 5.74) is 2.80. The monoisotopic (exact) mass is 302 g/mol. The van der Waals surface area contributed by atoms with Crippen LogP contribution in [0.25, 0.3) is 0 Å². The maximum atomic E-state index is 13.2. The van der Waals surface area contributed by atoms with Gasteiger partial charge in [-0.25, -0.2) is 4.39 Å². The Morgan fingerprint density at radius 1 is 1.45 bits per heavy atom. The van der Waals surface area contributed by atoms with E-state index in [0.29, 0.717) is 12.8 Å². The van der Waals surface area contributed by atoms with Crippen LogP contribution in [0, 0.1) is 19.7 Å². The van der Waals surface area contributed by atoms with E-state index in [0.717, 1.165) is 29.0 Å². The number of rotatable bonds is 5. The van der Waals surface area contributed by atoms with Gasteiger partial charge in [0.25, 0.3) is 0 Å². The zero-order valence-corrected chi connectivity index (χ0v) is 12.7. The Labute approximate surface area is 128 Å². The lowest BCUT2D eigenvalue weighted by Crippen LogP contribution is -2.26.